The zero-order valence-electron chi connectivity index (χ0n) is 32.9. The van der Waals surface area contributed by atoms with Crippen LogP contribution in [0.25, 0.3) is 0 Å². The highest BCUT2D eigenvalue weighted by Crippen LogP contribution is 2.17. The number of nitro groups is 1. The molecule has 284 valence electrons. The van der Waals surface area contributed by atoms with E-state index in [0.717, 1.165) is 14.0 Å². The van der Waals surface area contributed by atoms with Crippen LogP contribution in [0.5, 0.6) is 0 Å². The predicted octanol–water partition coefficient (Wildman–Crippen LogP) is 7.21. The number of hydrogen-bond donors (Lipinski definition) is 0. The molecule has 0 unspecified atom stereocenters. The van der Waals surface area contributed by atoms with E-state index in [0.29, 0.717) is 0 Å². The number of terminal acetylenes is 7. The number of alkyl halides is 5. The Morgan fingerprint density at radius 1 is 0.474 bits per heavy atom. The first-order valence-electron chi connectivity index (χ1n) is 14.0. The van der Waals surface area contributed by atoms with E-state index < -0.39 is 17.5 Å². The monoisotopic (exact) mass is 841 g/mol. The van der Waals surface area contributed by atoms with E-state index in [9.17, 15) is 13.2 Å². The van der Waals surface area contributed by atoms with E-state index in [1.54, 1.807) is 34.6 Å². The first-order valence-corrected chi connectivity index (χ1v) is 16.3. The quantitative estimate of drug-likeness (QED) is 0.112. The lowest BCUT2D eigenvalue weighted by molar-refractivity contribution is -0.445. The summed E-state index contributed by atoms with van der Waals surface area (Å²) in [7, 11) is 0.889. The fourth-order valence-electron chi connectivity index (χ4n) is 0.779. The minimum atomic E-state index is -3.96. The molecule has 0 amide bonds. The Morgan fingerprint density at radius 2 is 0.579 bits per heavy atom. The minimum Gasteiger partial charge on any atom is -0.265 e. The summed E-state index contributed by atoms with van der Waals surface area (Å²) in [5, 5.41) is 8.81. The summed E-state index contributed by atoms with van der Waals surface area (Å²) < 4.78 is 32.4. The molecule has 0 saturated heterocycles. The molecule has 0 heterocycles. The maximum Gasteiger partial charge on any atom is 0.388 e. The molecule has 0 aromatic rings. The third-order valence-corrected chi connectivity index (χ3v) is 2.27. The highest BCUT2D eigenvalue weighted by atomic mass is 79.9. The first-order chi connectivity index (χ1) is 27.3. The molecule has 57 heavy (non-hydrogen) atoms. The van der Waals surface area contributed by atoms with Gasteiger partial charge in [0.15, 0.2) is 7.05 Å². The van der Waals surface area contributed by atoms with Crippen LogP contribution < -0.4 is 0 Å². The van der Waals surface area contributed by atoms with Gasteiger partial charge in [-0.05, 0) is 194 Å². The summed E-state index contributed by atoms with van der Waals surface area (Å²) in [4.78, 5) is 8.31. The molecule has 0 bridgehead atoms. The van der Waals surface area contributed by atoms with Gasteiger partial charge in [0, 0.05) is 17.7 Å². The summed E-state index contributed by atoms with van der Waals surface area (Å²) in [6, 6.07) is 0. The maximum atomic E-state index is 10.8. The molecule has 8 heteroatoms. The fourth-order valence-corrected chi connectivity index (χ4v) is 0.779. The largest absolute Gasteiger partial charge is 0.388 e. The second-order valence-corrected chi connectivity index (χ2v) is 6.06. The second kappa shape index (κ2) is 97.3. The van der Waals surface area contributed by atoms with E-state index in [4.69, 9.17) is 48.7 Å². The Hall–Kier alpha value is -8.40. The van der Waals surface area contributed by atoms with Crippen molar-refractivity contribution in [3.8, 4) is 228 Å². The molecular formula is C49H36BrClF3NO2. The Kier molecular flexibility index (Phi) is 126. The summed E-state index contributed by atoms with van der Waals surface area (Å²) in [6.07, 6.45) is 30.0. The summed E-state index contributed by atoms with van der Waals surface area (Å²) in [5.41, 5.74) is 0. The number of hydrogen-bond acceptors (Lipinski definition) is 2. The van der Waals surface area contributed by atoms with Crippen molar-refractivity contribution in [2.45, 2.75) is 54.1 Å². The lowest BCUT2D eigenvalue weighted by atomic mass is 10.5. The second-order valence-electron chi connectivity index (χ2n) is 6.06. The van der Waals surface area contributed by atoms with E-state index >= 15 is 0 Å². The third kappa shape index (κ3) is 258. The summed E-state index contributed by atoms with van der Waals surface area (Å²) >= 11 is 7.58. The van der Waals surface area contributed by atoms with E-state index in [1.807, 2.05) is 5.83 Å². The summed E-state index contributed by atoms with van der Waals surface area (Å²) in [6.45, 7) is 9.65. The first kappa shape index (κ1) is 73.9. The third-order valence-electron chi connectivity index (χ3n) is 2.27. The predicted molar refractivity (Wildman–Crippen MR) is 239 cm³/mol. The van der Waals surface area contributed by atoms with Crippen molar-refractivity contribution < 1.29 is 18.1 Å². The standard InChI is InChI=1S/C10H2.C9H4.C8H6.C7H4.C6H2.C3H5F3.C3H4.CH3Br.CH3Cl.CH3NO2/c1-3-5-7-9-10-8-6-4-2;1-3-5-7-9-8-6-4-2;1-3-5-7-8-6-4-2;1-3-5-7-6-4-2;1-3-5-6-4-2;1-2-3(4,5)6;1-3-2;2*1-2;1-2(3)4/h1-2H;1H,2H3;1-2H3;1H,2H3;1-2H;2H2,1H3;1H,2H3;2*1H3;1H3. The van der Waals surface area contributed by atoms with Crippen molar-refractivity contribution in [2.75, 3.05) is 19.3 Å². The lowest BCUT2D eigenvalue weighted by Gasteiger charge is -1.96. The van der Waals surface area contributed by atoms with Crippen LogP contribution in [0.4, 0.5) is 13.2 Å². The van der Waals surface area contributed by atoms with Gasteiger partial charge in [0.25, 0.3) is 0 Å². The van der Waals surface area contributed by atoms with Gasteiger partial charge in [-0.15, -0.1) is 62.5 Å². The van der Waals surface area contributed by atoms with Crippen LogP contribution in [0.15, 0.2) is 0 Å². The highest BCUT2D eigenvalue weighted by molar-refractivity contribution is 9.08. The Balaban J connectivity index is -0.0000000556. The van der Waals surface area contributed by atoms with Crippen LogP contribution in [0, 0.1) is 239 Å². The normalized spacial score (nSPS) is 4.47. The van der Waals surface area contributed by atoms with Gasteiger partial charge >= 0.3 is 6.18 Å². The van der Waals surface area contributed by atoms with Crippen molar-refractivity contribution in [3.63, 3.8) is 0 Å². The smallest absolute Gasteiger partial charge is 0.265 e. The molecular weight excluding hydrogens is 807 g/mol. The molecule has 0 aliphatic carbocycles. The van der Waals surface area contributed by atoms with Gasteiger partial charge in [0.1, 0.15) is 0 Å². The average molecular weight is 843 g/mol. The van der Waals surface area contributed by atoms with Crippen LogP contribution in [0.3, 0.4) is 0 Å². The molecule has 0 aromatic heterocycles. The van der Waals surface area contributed by atoms with Gasteiger partial charge in [-0.2, -0.15) is 13.2 Å². The fraction of sp³-hybridized carbons (Fsp3) is 0.224. The molecule has 0 aromatic carbocycles. The zero-order valence-corrected chi connectivity index (χ0v) is 35.2. The molecule has 0 N–H and O–H groups in total. The molecule has 0 spiro atoms. The molecule has 0 aliphatic rings. The maximum absolute atomic E-state index is 10.8. The number of halogens is 5. The molecule has 0 fully saturated rings. The van der Waals surface area contributed by atoms with Crippen molar-refractivity contribution >= 4 is 27.5 Å². The van der Waals surface area contributed by atoms with Crippen molar-refractivity contribution in [2.24, 2.45) is 0 Å². The van der Waals surface area contributed by atoms with Crippen LogP contribution in [-0.4, -0.2) is 30.4 Å². The SMILES string of the molecule is C#CC.C#CC#CC#C.C#CC#CC#CC.C#CC#CC#CC#CC.C#CC#CC#CC#CC#C.CBr.CC#CC#CC#CC.CCC(F)(F)F.CCl.C[N+](=O)[O-]. The summed E-state index contributed by atoms with van der Waals surface area (Å²) in [5.74, 6) is 75.5. The molecule has 3 nitrogen and oxygen atoms in total. The molecule has 0 atom stereocenters. The van der Waals surface area contributed by atoms with Crippen molar-refractivity contribution in [1.29, 1.82) is 0 Å². The van der Waals surface area contributed by atoms with Gasteiger partial charge < -0.3 is 0 Å². The van der Waals surface area contributed by atoms with Gasteiger partial charge in [-0.3, -0.25) is 10.1 Å². The Morgan fingerprint density at radius 3 is 0.702 bits per heavy atom. The Labute approximate surface area is 356 Å². The highest BCUT2D eigenvalue weighted by Gasteiger charge is 2.22. The van der Waals surface area contributed by atoms with Gasteiger partial charge in [-0.1, -0.05) is 46.5 Å². The average Bonchev–Trinajstić information content (AvgIpc) is 3.20. The van der Waals surface area contributed by atoms with Gasteiger partial charge in [0.2, 0.25) is 0 Å². The number of nitrogens with zero attached hydrogens (tertiary/aromatic N) is 1. The van der Waals surface area contributed by atoms with E-state index in [2.05, 4.69) is 217 Å². The van der Waals surface area contributed by atoms with Crippen LogP contribution >= 0.6 is 27.5 Å². The van der Waals surface area contributed by atoms with Crippen molar-refractivity contribution in [3.05, 3.63) is 10.1 Å². The Bertz CT molecular complexity index is 2110. The number of rotatable bonds is 0. The van der Waals surface area contributed by atoms with E-state index in [-0.39, 0.29) is 0 Å². The van der Waals surface area contributed by atoms with Crippen molar-refractivity contribution in [1.82, 2.24) is 0 Å². The molecule has 0 radical (unpaired) electrons. The lowest BCUT2D eigenvalue weighted by Crippen LogP contribution is -2.02. The molecule has 0 rings (SSSR count). The zero-order chi connectivity index (χ0) is 46.7. The molecule has 0 aliphatic heterocycles. The molecule has 0 saturated carbocycles. The topological polar surface area (TPSA) is 43.1 Å². The van der Waals surface area contributed by atoms with Gasteiger partial charge in [-0.25, -0.2) is 0 Å². The van der Waals surface area contributed by atoms with Crippen LogP contribution in [0.1, 0.15) is 48.0 Å². The van der Waals surface area contributed by atoms with Crippen LogP contribution in [-0.2, 0) is 0 Å². The van der Waals surface area contributed by atoms with Gasteiger partial charge in [0.05, 0.1) is 0 Å². The van der Waals surface area contributed by atoms with E-state index in [1.165, 1.54) is 6.38 Å². The van der Waals surface area contributed by atoms with Crippen LogP contribution in [0.2, 0.25) is 0 Å². The minimum absolute atomic E-state index is 0.500.